The molecule has 1 aromatic carbocycles. The van der Waals surface area contributed by atoms with Crippen LogP contribution in [-0.2, 0) is 4.74 Å². The number of nitrogen functional groups attached to an aromatic ring is 1. The fourth-order valence-electron chi connectivity index (χ4n) is 2.37. The number of methoxy groups -OCH3 is 1. The minimum absolute atomic E-state index is 0.156. The third-order valence-electron chi connectivity index (χ3n) is 3.86. The first-order valence-electron chi connectivity index (χ1n) is 6.36. The van der Waals surface area contributed by atoms with Crippen molar-refractivity contribution in [3.8, 4) is 0 Å². The Morgan fingerprint density at radius 2 is 2.22 bits per heavy atom. The molecule has 0 saturated heterocycles. The highest BCUT2D eigenvalue weighted by molar-refractivity contribution is 5.92. The molecule has 0 aliphatic heterocycles. The number of rotatable bonds is 4. The van der Waals surface area contributed by atoms with E-state index in [1.54, 1.807) is 18.2 Å². The van der Waals surface area contributed by atoms with Gasteiger partial charge in [0.05, 0.1) is 24.0 Å². The van der Waals surface area contributed by atoms with E-state index in [0.717, 1.165) is 24.9 Å². The third kappa shape index (κ3) is 2.28. The van der Waals surface area contributed by atoms with Crippen molar-refractivity contribution in [1.29, 1.82) is 0 Å². The first-order chi connectivity index (χ1) is 8.60. The summed E-state index contributed by atoms with van der Waals surface area (Å²) in [5.74, 6) is -0.336. The summed E-state index contributed by atoms with van der Waals surface area (Å²) in [5, 5.41) is 3.50. The number of hydrogen-bond acceptors (Lipinski definition) is 4. The predicted octanol–water partition coefficient (Wildman–Crippen LogP) is 2.80. The smallest absolute Gasteiger partial charge is 0.337 e. The fourth-order valence-corrected chi connectivity index (χ4v) is 2.37. The van der Waals surface area contributed by atoms with E-state index in [1.165, 1.54) is 13.5 Å². The van der Waals surface area contributed by atoms with Crippen molar-refractivity contribution >= 4 is 17.3 Å². The second kappa shape index (κ2) is 4.88. The number of carbonyl (C=O) groups is 1. The van der Waals surface area contributed by atoms with Crippen LogP contribution in [0.2, 0.25) is 0 Å². The summed E-state index contributed by atoms with van der Waals surface area (Å²) in [5.41, 5.74) is 8.14. The first kappa shape index (κ1) is 12.7. The number of anilines is 2. The molecule has 1 aliphatic rings. The highest BCUT2D eigenvalue weighted by Gasteiger charge is 2.35. The van der Waals surface area contributed by atoms with Crippen LogP contribution in [0.5, 0.6) is 0 Å². The Balaban J connectivity index is 2.23. The van der Waals surface area contributed by atoms with E-state index in [4.69, 9.17) is 10.5 Å². The van der Waals surface area contributed by atoms with E-state index in [2.05, 4.69) is 12.2 Å². The van der Waals surface area contributed by atoms with Gasteiger partial charge in [-0.2, -0.15) is 0 Å². The Labute approximate surface area is 108 Å². The van der Waals surface area contributed by atoms with Crippen LogP contribution < -0.4 is 11.1 Å². The van der Waals surface area contributed by atoms with Gasteiger partial charge in [-0.3, -0.25) is 0 Å². The molecule has 1 saturated carbocycles. The number of nitrogens with one attached hydrogen (secondary N) is 1. The molecule has 1 aliphatic carbocycles. The Kier molecular flexibility index (Phi) is 3.45. The van der Waals surface area contributed by atoms with Crippen LogP contribution in [0.1, 0.15) is 43.0 Å². The van der Waals surface area contributed by atoms with Crippen molar-refractivity contribution in [2.45, 2.75) is 38.1 Å². The minimum Gasteiger partial charge on any atom is -0.465 e. The first-order valence-corrected chi connectivity index (χ1v) is 6.36. The Morgan fingerprint density at radius 1 is 1.50 bits per heavy atom. The zero-order valence-electron chi connectivity index (χ0n) is 11.0. The van der Waals surface area contributed by atoms with Gasteiger partial charge in [0.1, 0.15) is 0 Å². The van der Waals surface area contributed by atoms with Crippen LogP contribution in [0.3, 0.4) is 0 Å². The molecule has 0 aromatic heterocycles. The number of ether oxygens (including phenoxy) is 1. The molecule has 3 N–H and O–H groups in total. The largest absolute Gasteiger partial charge is 0.465 e. The van der Waals surface area contributed by atoms with E-state index in [0.29, 0.717) is 11.3 Å². The average molecular weight is 248 g/mol. The molecule has 0 spiro atoms. The standard InChI is InChI=1S/C14H20N2O2/c1-3-14(7-4-8-14)16-12-9-10(13(17)18-2)5-6-11(12)15/h5-6,9,16H,3-4,7-8,15H2,1-2H3. The van der Waals surface area contributed by atoms with Gasteiger partial charge >= 0.3 is 5.97 Å². The van der Waals surface area contributed by atoms with Gasteiger partial charge in [0, 0.05) is 5.54 Å². The van der Waals surface area contributed by atoms with E-state index in [9.17, 15) is 4.79 Å². The maximum atomic E-state index is 11.5. The summed E-state index contributed by atoms with van der Waals surface area (Å²) in [6, 6.07) is 5.21. The molecule has 1 fully saturated rings. The summed E-state index contributed by atoms with van der Waals surface area (Å²) < 4.78 is 4.72. The highest BCUT2D eigenvalue weighted by atomic mass is 16.5. The number of hydrogen-bond donors (Lipinski definition) is 2. The predicted molar refractivity (Wildman–Crippen MR) is 72.7 cm³/mol. The lowest BCUT2D eigenvalue weighted by Gasteiger charge is -2.43. The Bertz CT molecular complexity index is 448. The van der Waals surface area contributed by atoms with Crippen molar-refractivity contribution in [3.05, 3.63) is 23.8 Å². The minimum atomic E-state index is -0.336. The summed E-state index contributed by atoms with van der Waals surface area (Å²) in [6.07, 6.45) is 4.63. The van der Waals surface area contributed by atoms with Gasteiger partial charge in [0.2, 0.25) is 0 Å². The molecule has 0 atom stereocenters. The van der Waals surface area contributed by atoms with Gasteiger partial charge in [-0.05, 0) is 43.9 Å². The lowest BCUT2D eigenvalue weighted by atomic mass is 9.74. The molecule has 2 rings (SSSR count). The molecule has 1 aromatic rings. The number of nitrogens with two attached hydrogens (primary N) is 1. The van der Waals surface area contributed by atoms with Gasteiger partial charge in [0.25, 0.3) is 0 Å². The van der Waals surface area contributed by atoms with Crippen molar-refractivity contribution in [1.82, 2.24) is 0 Å². The highest BCUT2D eigenvalue weighted by Crippen LogP contribution is 2.39. The van der Waals surface area contributed by atoms with Gasteiger partial charge < -0.3 is 15.8 Å². The molecule has 0 radical (unpaired) electrons. The lowest BCUT2D eigenvalue weighted by molar-refractivity contribution is 0.0601. The number of benzene rings is 1. The van der Waals surface area contributed by atoms with Crippen LogP contribution in [0.15, 0.2) is 18.2 Å². The van der Waals surface area contributed by atoms with E-state index in [-0.39, 0.29) is 11.5 Å². The molecular formula is C14H20N2O2. The fraction of sp³-hybridized carbons (Fsp3) is 0.500. The van der Waals surface area contributed by atoms with Crippen molar-refractivity contribution in [3.63, 3.8) is 0 Å². The molecule has 4 nitrogen and oxygen atoms in total. The molecule has 0 amide bonds. The van der Waals surface area contributed by atoms with Crippen LogP contribution >= 0.6 is 0 Å². The SMILES string of the molecule is CCC1(Nc2cc(C(=O)OC)ccc2N)CCC1. The Hall–Kier alpha value is -1.71. The summed E-state index contributed by atoms with van der Waals surface area (Å²) in [6.45, 7) is 2.17. The average Bonchev–Trinajstić information content (AvgIpc) is 2.35. The lowest BCUT2D eigenvalue weighted by Crippen LogP contribution is -2.44. The second-order valence-corrected chi connectivity index (χ2v) is 4.91. The van der Waals surface area contributed by atoms with Gasteiger partial charge in [0.15, 0.2) is 0 Å². The molecule has 4 heteroatoms. The van der Waals surface area contributed by atoms with E-state index in [1.807, 2.05) is 0 Å². The molecular weight excluding hydrogens is 228 g/mol. The second-order valence-electron chi connectivity index (χ2n) is 4.91. The van der Waals surface area contributed by atoms with Crippen LogP contribution in [-0.4, -0.2) is 18.6 Å². The Morgan fingerprint density at radius 3 is 2.72 bits per heavy atom. The number of carbonyl (C=O) groups excluding carboxylic acids is 1. The zero-order valence-corrected chi connectivity index (χ0v) is 11.0. The molecule has 0 bridgehead atoms. The van der Waals surface area contributed by atoms with Crippen molar-refractivity contribution in [2.24, 2.45) is 0 Å². The van der Waals surface area contributed by atoms with Gasteiger partial charge in [-0.1, -0.05) is 6.92 Å². The number of esters is 1. The summed E-state index contributed by atoms with van der Waals surface area (Å²) >= 11 is 0. The summed E-state index contributed by atoms with van der Waals surface area (Å²) in [4.78, 5) is 11.5. The quantitative estimate of drug-likeness (QED) is 0.635. The normalized spacial score (nSPS) is 16.8. The third-order valence-corrected chi connectivity index (χ3v) is 3.86. The molecule has 98 valence electrons. The van der Waals surface area contributed by atoms with Crippen molar-refractivity contribution < 1.29 is 9.53 Å². The molecule has 0 heterocycles. The topological polar surface area (TPSA) is 64.3 Å². The van der Waals surface area contributed by atoms with Gasteiger partial charge in [-0.25, -0.2) is 4.79 Å². The maximum absolute atomic E-state index is 11.5. The molecule has 0 unspecified atom stereocenters. The van der Waals surface area contributed by atoms with Gasteiger partial charge in [-0.15, -0.1) is 0 Å². The van der Waals surface area contributed by atoms with Crippen LogP contribution in [0.4, 0.5) is 11.4 Å². The van der Waals surface area contributed by atoms with E-state index < -0.39 is 0 Å². The van der Waals surface area contributed by atoms with Crippen LogP contribution in [0.25, 0.3) is 0 Å². The maximum Gasteiger partial charge on any atom is 0.337 e. The van der Waals surface area contributed by atoms with Crippen LogP contribution in [0, 0.1) is 0 Å². The van der Waals surface area contributed by atoms with E-state index >= 15 is 0 Å². The zero-order chi connectivity index (χ0) is 13.2. The summed E-state index contributed by atoms with van der Waals surface area (Å²) in [7, 11) is 1.38. The van der Waals surface area contributed by atoms with Crippen molar-refractivity contribution in [2.75, 3.05) is 18.2 Å². The molecule has 18 heavy (non-hydrogen) atoms. The monoisotopic (exact) mass is 248 g/mol.